The van der Waals surface area contributed by atoms with Gasteiger partial charge in [0.1, 0.15) is 0 Å². The van der Waals surface area contributed by atoms with Crippen LogP contribution in [0.15, 0.2) is 149 Å². The van der Waals surface area contributed by atoms with Gasteiger partial charge < -0.3 is 4.57 Å². The van der Waals surface area contributed by atoms with Crippen molar-refractivity contribution in [3.8, 4) is 27.9 Å². The van der Waals surface area contributed by atoms with E-state index in [2.05, 4.69) is 144 Å². The molecule has 2 heteroatoms. The Morgan fingerprint density at radius 2 is 1.23 bits per heavy atom. The SMILES string of the molecule is c1cc(-c2ccc3c4c(cccc24)-c2ccccc2S3)cc(-n2c3ccccc3c3ccc4ccccc4c32)c1. The quantitative estimate of drug-likeness (QED) is 0.217. The van der Waals surface area contributed by atoms with E-state index in [0.717, 1.165) is 0 Å². The summed E-state index contributed by atoms with van der Waals surface area (Å²) in [5, 5.41) is 7.78. The summed E-state index contributed by atoms with van der Waals surface area (Å²) in [6, 6.07) is 51.2. The molecule has 0 radical (unpaired) electrons. The Labute approximate surface area is 236 Å². The van der Waals surface area contributed by atoms with E-state index in [9.17, 15) is 0 Å². The van der Waals surface area contributed by atoms with Crippen molar-refractivity contribution < 1.29 is 0 Å². The van der Waals surface area contributed by atoms with Crippen LogP contribution in [0.1, 0.15) is 0 Å². The predicted molar refractivity (Wildman–Crippen MR) is 171 cm³/mol. The molecule has 0 unspecified atom stereocenters. The largest absolute Gasteiger partial charge is 0.309 e. The summed E-state index contributed by atoms with van der Waals surface area (Å²) in [6.07, 6.45) is 0. The smallest absolute Gasteiger partial charge is 0.0619 e. The summed E-state index contributed by atoms with van der Waals surface area (Å²) in [5.41, 5.74) is 8.84. The Hall–Kier alpha value is -4.79. The Morgan fingerprint density at radius 1 is 0.450 bits per heavy atom. The highest BCUT2D eigenvalue weighted by molar-refractivity contribution is 7.99. The summed E-state index contributed by atoms with van der Waals surface area (Å²) in [5.74, 6) is 0. The zero-order valence-electron chi connectivity index (χ0n) is 21.6. The van der Waals surface area contributed by atoms with Crippen molar-refractivity contribution in [3.63, 3.8) is 0 Å². The van der Waals surface area contributed by atoms with Gasteiger partial charge in [-0.2, -0.15) is 0 Å². The molecule has 0 spiro atoms. The fourth-order valence-corrected chi connectivity index (χ4v) is 7.77. The zero-order chi connectivity index (χ0) is 26.2. The maximum absolute atomic E-state index is 2.45. The zero-order valence-corrected chi connectivity index (χ0v) is 22.5. The molecule has 0 saturated heterocycles. The first-order valence-electron chi connectivity index (χ1n) is 13.7. The monoisotopic (exact) mass is 525 g/mol. The van der Waals surface area contributed by atoms with Crippen molar-refractivity contribution >= 4 is 55.1 Å². The number of hydrogen-bond donors (Lipinski definition) is 0. The molecule has 1 aromatic heterocycles. The van der Waals surface area contributed by atoms with Gasteiger partial charge >= 0.3 is 0 Å². The summed E-state index contributed by atoms with van der Waals surface area (Å²) in [7, 11) is 0. The van der Waals surface area contributed by atoms with Gasteiger partial charge in [-0.1, -0.05) is 121 Å². The lowest BCUT2D eigenvalue weighted by Gasteiger charge is -2.22. The van der Waals surface area contributed by atoms with Crippen LogP contribution in [0.25, 0.3) is 71.3 Å². The predicted octanol–water partition coefficient (Wildman–Crippen LogP) is 10.9. The molecule has 1 nitrogen and oxygen atoms in total. The molecule has 9 rings (SSSR count). The number of nitrogens with zero attached hydrogens (tertiary/aromatic N) is 1. The van der Waals surface area contributed by atoms with Crippen molar-refractivity contribution in [3.05, 3.63) is 140 Å². The fraction of sp³-hybridized carbons (Fsp3) is 0. The standard InChI is InChI=1S/C38H23NS/c1-2-12-28-24(9-1)19-20-33-29-13-3-5-17-34(29)39(38(28)33)26-11-7-10-25(23-26)27-21-22-36-37-31(27)15-8-16-32(37)30-14-4-6-18-35(30)40-36/h1-23H. The minimum Gasteiger partial charge on any atom is -0.309 e. The third kappa shape index (κ3) is 3.05. The number of aromatic nitrogens is 1. The minimum atomic E-state index is 1.18. The van der Waals surface area contributed by atoms with Gasteiger partial charge in [-0.25, -0.2) is 0 Å². The van der Waals surface area contributed by atoms with E-state index < -0.39 is 0 Å². The van der Waals surface area contributed by atoms with Gasteiger partial charge in [0, 0.05) is 37.0 Å². The van der Waals surface area contributed by atoms with E-state index in [0.29, 0.717) is 0 Å². The van der Waals surface area contributed by atoms with Gasteiger partial charge in [-0.15, -0.1) is 0 Å². The van der Waals surface area contributed by atoms with Gasteiger partial charge in [0.2, 0.25) is 0 Å². The number of rotatable bonds is 2. The van der Waals surface area contributed by atoms with Gasteiger partial charge in [-0.05, 0) is 63.4 Å². The number of benzene rings is 7. The van der Waals surface area contributed by atoms with Gasteiger partial charge in [0.05, 0.1) is 11.0 Å². The average Bonchev–Trinajstić information content (AvgIpc) is 3.36. The Bertz CT molecular complexity index is 2310. The maximum Gasteiger partial charge on any atom is 0.0619 e. The van der Waals surface area contributed by atoms with Crippen molar-refractivity contribution in [2.45, 2.75) is 9.79 Å². The first-order valence-corrected chi connectivity index (χ1v) is 14.5. The number of para-hydroxylation sites is 1. The molecule has 7 aromatic carbocycles. The van der Waals surface area contributed by atoms with Crippen LogP contribution in [0.5, 0.6) is 0 Å². The second kappa shape index (κ2) is 8.35. The third-order valence-corrected chi connectivity index (χ3v) is 9.51. The number of fused-ring (bicyclic) bond motifs is 7. The topological polar surface area (TPSA) is 4.93 Å². The van der Waals surface area contributed by atoms with Crippen molar-refractivity contribution in [2.24, 2.45) is 0 Å². The van der Waals surface area contributed by atoms with Crippen LogP contribution in [0.2, 0.25) is 0 Å². The molecule has 1 aliphatic heterocycles. The van der Waals surface area contributed by atoms with E-state index in [1.165, 1.54) is 81.1 Å². The van der Waals surface area contributed by atoms with Gasteiger partial charge in [0.15, 0.2) is 0 Å². The minimum absolute atomic E-state index is 1.18. The molecule has 0 fully saturated rings. The maximum atomic E-state index is 2.45. The second-order valence-corrected chi connectivity index (χ2v) is 11.6. The molecule has 0 aliphatic carbocycles. The Kier molecular flexibility index (Phi) is 4.61. The van der Waals surface area contributed by atoms with Crippen molar-refractivity contribution in [1.82, 2.24) is 4.57 Å². The summed E-state index contributed by atoms with van der Waals surface area (Å²) in [4.78, 5) is 2.66. The van der Waals surface area contributed by atoms with Crippen LogP contribution < -0.4 is 0 Å². The molecule has 0 amide bonds. The molecule has 0 atom stereocenters. The van der Waals surface area contributed by atoms with E-state index >= 15 is 0 Å². The first-order chi connectivity index (χ1) is 19.8. The molecule has 186 valence electrons. The third-order valence-electron chi connectivity index (χ3n) is 8.37. The summed E-state index contributed by atoms with van der Waals surface area (Å²) >= 11 is 1.88. The molecule has 2 heterocycles. The molecule has 1 aliphatic rings. The van der Waals surface area contributed by atoms with E-state index in [4.69, 9.17) is 0 Å². The molecule has 8 aromatic rings. The normalized spacial score (nSPS) is 12.4. The second-order valence-electron chi connectivity index (χ2n) is 10.5. The lowest BCUT2D eigenvalue weighted by Crippen LogP contribution is -1.96. The molecular weight excluding hydrogens is 502 g/mol. The van der Waals surface area contributed by atoms with Crippen LogP contribution in [-0.4, -0.2) is 4.57 Å². The lowest BCUT2D eigenvalue weighted by atomic mass is 9.92. The van der Waals surface area contributed by atoms with Crippen molar-refractivity contribution in [1.29, 1.82) is 0 Å². The fourth-order valence-electron chi connectivity index (χ4n) is 6.64. The first kappa shape index (κ1) is 22.1. The average molecular weight is 526 g/mol. The van der Waals surface area contributed by atoms with Crippen molar-refractivity contribution in [2.75, 3.05) is 0 Å². The Morgan fingerprint density at radius 3 is 2.20 bits per heavy atom. The van der Waals surface area contributed by atoms with E-state index in [1.807, 2.05) is 11.8 Å². The molecule has 0 saturated carbocycles. The summed E-state index contributed by atoms with van der Waals surface area (Å²) < 4.78 is 2.45. The van der Waals surface area contributed by atoms with Gasteiger partial charge in [-0.3, -0.25) is 0 Å². The van der Waals surface area contributed by atoms with Gasteiger partial charge in [0.25, 0.3) is 0 Å². The summed E-state index contributed by atoms with van der Waals surface area (Å²) in [6.45, 7) is 0. The molecule has 40 heavy (non-hydrogen) atoms. The number of hydrogen-bond acceptors (Lipinski definition) is 1. The van der Waals surface area contributed by atoms with E-state index in [1.54, 1.807) is 0 Å². The molecule has 0 bridgehead atoms. The highest BCUT2D eigenvalue weighted by Gasteiger charge is 2.21. The highest BCUT2D eigenvalue weighted by Crippen LogP contribution is 2.49. The Balaban J connectivity index is 1.32. The molecule has 0 N–H and O–H groups in total. The van der Waals surface area contributed by atoms with Crippen LogP contribution in [0, 0.1) is 0 Å². The highest BCUT2D eigenvalue weighted by atomic mass is 32.2. The lowest BCUT2D eigenvalue weighted by molar-refractivity contribution is 1.19. The van der Waals surface area contributed by atoms with E-state index in [-0.39, 0.29) is 0 Å². The van der Waals surface area contributed by atoms with Crippen LogP contribution in [0.4, 0.5) is 0 Å². The van der Waals surface area contributed by atoms with Crippen LogP contribution in [-0.2, 0) is 0 Å². The van der Waals surface area contributed by atoms with Crippen LogP contribution >= 0.6 is 11.8 Å². The molecular formula is C38H23NS. The van der Waals surface area contributed by atoms with Crippen LogP contribution in [0.3, 0.4) is 0 Å².